The van der Waals surface area contributed by atoms with E-state index in [4.69, 9.17) is 0 Å². The number of amides is 1. The van der Waals surface area contributed by atoms with Crippen LogP contribution in [0.1, 0.15) is 24.2 Å². The number of hydrogen-bond donors (Lipinski definition) is 2. The number of anilines is 1. The number of carbonyl (C=O) groups is 2. The lowest BCUT2D eigenvalue weighted by Gasteiger charge is -2.23. The van der Waals surface area contributed by atoms with E-state index < -0.39 is 34.6 Å². The van der Waals surface area contributed by atoms with Crippen molar-refractivity contribution in [2.24, 2.45) is 0 Å². The fraction of sp³-hybridized carbons (Fsp3) is 0.385. The molecule has 20 heavy (non-hydrogen) atoms. The summed E-state index contributed by atoms with van der Waals surface area (Å²) in [5.41, 5.74) is -1.70. The van der Waals surface area contributed by atoms with Crippen molar-refractivity contribution in [1.82, 2.24) is 5.32 Å². The second-order valence-corrected chi connectivity index (χ2v) is 4.63. The van der Waals surface area contributed by atoms with Gasteiger partial charge >= 0.3 is 5.97 Å². The van der Waals surface area contributed by atoms with Crippen LogP contribution in [-0.2, 0) is 9.53 Å². The first-order valence-electron chi connectivity index (χ1n) is 5.80. The van der Waals surface area contributed by atoms with Gasteiger partial charge in [-0.05, 0) is 27.0 Å². The fourth-order valence-corrected chi connectivity index (χ4v) is 1.30. The summed E-state index contributed by atoms with van der Waals surface area (Å²) in [5.74, 6) is -3.51. The first-order chi connectivity index (χ1) is 9.22. The Balaban J connectivity index is 3.13. The minimum absolute atomic E-state index is 0.292. The minimum atomic E-state index is -1.06. The number of rotatable bonds is 4. The number of esters is 1. The van der Waals surface area contributed by atoms with Crippen LogP contribution in [0, 0.1) is 11.6 Å². The van der Waals surface area contributed by atoms with E-state index in [2.05, 4.69) is 15.4 Å². The van der Waals surface area contributed by atoms with Gasteiger partial charge in [0.25, 0.3) is 0 Å². The monoisotopic (exact) mass is 286 g/mol. The molecule has 110 valence electrons. The van der Waals surface area contributed by atoms with Gasteiger partial charge in [-0.2, -0.15) is 0 Å². The van der Waals surface area contributed by atoms with E-state index in [9.17, 15) is 18.4 Å². The highest BCUT2D eigenvalue weighted by molar-refractivity contribution is 5.99. The molecule has 1 rings (SSSR count). The Morgan fingerprint density at radius 2 is 1.80 bits per heavy atom. The molecule has 0 aliphatic rings. The molecule has 0 bridgehead atoms. The zero-order chi connectivity index (χ0) is 15.5. The van der Waals surface area contributed by atoms with Crippen LogP contribution in [0.15, 0.2) is 12.1 Å². The van der Waals surface area contributed by atoms with Gasteiger partial charge in [-0.25, -0.2) is 13.6 Å². The second kappa shape index (κ2) is 5.96. The van der Waals surface area contributed by atoms with Crippen LogP contribution < -0.4 is 10.6 Å². The van der Waals surface area contributed by atoms with Gasteiger partial charge in [-0.3, -0.25) is 4.79 Å². The van der Waals surface area contributed by atoms with Crippen molar-refractivity contribution in [3.8, 4) is 0 Å². The van der Waals surface area contributed by atoms with Gasteiger partial charge in [0.1, 0.15) is 11.6 Å². The van der Waals surface area contributed by atoms with Gasteiger partial charge in [0.05, 0.1) is 23.9 Å². The number of hydrogen-bond acceptors (Lipinski definition) is 4. The van der Waals surface area contributed by atoms with Gasteiger partial charge in [0.2, 0.25) is 5.91 Å². The largest absolute Gasteiger partial charge is 0.465 e. The Bertz CT molecular complexity index is 545. The first-order valence-corrected chi connectivity index (χ1v) is 5.80. The Morgan fingerprint density at radius 1 is 1.20 bits per heavy atom. The number of nitrogens with one attached hydrogen (secondary N) is 2. The highest BCUT2D eigenvalue weighted by atomic mass is 19.1. The van der Waals surface area contributed by atoms with Crippen LogP contribution in [-0.4, -0.2) is 31.6 Å². The molecule has 0 aliphatic heterocycles. The number of carbonyl (C=O) groups excluding carboxylic acids is 2. The third kappa shape index (κ3) is 3.30. The van der Waals surface area contributed by atoms with Crippen molar-refractivity contribution in [2.75, 3.05) is 19.5 Å². The smallest absolute Gasteiger partial charge is 0.340 e. The number of ether oxygens (including phenoxy) is 1. The van der Waals surface area contributed by atoms with E-state index >= 15 is 0 Å². The average Bonchev–Trinajstić information content (AvgIpc) is 2.40. The topological polar surface area (TPSA) is 67.4 Å². The number of methoxy groups -OCH3 is 1. The zero-order valence-corrected chi connectivity index (χ0v) is 11.6. The Morgan fingerprint density at radius 3 is 2.30 bits per heavy atom. The van der Waals surface area contributed by atoms with Gasteiger partial charge < -0.3 is 15.4 Å². The molecule has 1 aromatic carbocycles. The Hall–Kier alpha value is -2.02. The molecule has 0 unspecified atom stereocenters. The Labute approximate surface area is 115 Å². The molecule has 0 atom stereocenters. The molecule has 0 spiro atoms. The molecule has 0 radical (unpaired) electrons. The molecule has 7 heteroatoms. The molecule has 0 fully saturated rings. The summed E-state index contributed by atoms with van der Waals surface area (Å²) in [4.78, 5) is 23.2. The van der Waals surface area contributed by atoms with Gasteiger partial charge in [0, 0.05) is 6.07 Å². The zero-order valence-electron chi connectivity index (χ0n) is 11.6. The molecular formula is C13H16F2N2O3. The third-order valence-corrected chi connectivity index (χ3v) is 2.90. The van der Waals surface area contributed by atoms with Crippen molar-refractivity contribution in [1.29, 1.82) is 0 Å². The molecule has 1 amide bonds. The molecular weight excluding hydrogens is 270 g/mol. The standard InChI is InChI=1S/C13H16F2N2O3/c1-13(2,16-3)12(19)17-10-5-7(11(18)20-4)8(14)6-9(10)15/h5-6,16H,1-4H3,(H,17,19). The van der Waals surface area contributed by atoms with Crippen molar-refractivity contribution in [3.05, 3.63) is 29.3 Å². The van der Waals surface area contributed by atoms with E-state index in [1.54, 1.807) is 20.9 Å². The van der Waals surface area contributed by atoms with Crippen LogP contribution in [0.4, 0.5) is 14.5 Å². The van der Waals surface area contributed by atoms with Crippen LogP contribution in [0.3, 0.4) is 0 Å². The predicted octanol–water partition coefficient (Wildman–Crippen LogP) is 1.69. The normalized spacial score (nSPS) is 11.1. The molecule has 0 saturated carbocycles. The molecule has 0 saturated heterocycles. The minimum Gasteiger partial charge on any atom is -0.465 e. The summed E-state index contributed by atoms with van der Waals surface area (Å²) in [6.07, 6.45) is 0. The summed E-state index contributed by atoms with van der Waals surface area (Å²) in [5, 5.41) is 5.04. The summed E-state index contributed by atoms with van der Waals surface area (Å²) in [7, 11) is 2.65. The van der Waals surface area contributed by atoms with Crippen molar-refractivity contribution < 1.29 is 23.1 Å². The van der Waals surface area contributed by atoms with Crippen LogP contribution in [0.25, 0.3) is 0 Å². The molecule has 0 heterocycles. The summed E-state index contributed by atoms with van der Waals surface area (Å²) >= 11 is 0. The van der Waals surface area contributed by atoms with E-state index in [0.717, 1.165) is 13.2 Å². The quantitative estimate of drug-likeness (QED) is 0.827. The summed E-state index contributed by atoms with van der Waals surface area (Å²) in [6.45, 7) is 3.18. The van der Waals surface area contributed by atoms with E-state index in [-0.39, 0.29) is 5.69 Å². The molecule has 5 nitrogen and oxygen atoms in total. The molecule has 1 aromatic rings. The van der Waals surface area contributed by atoms with E-state index in [1.807, 2.05) is 0 Å². The average molecular weight is 286 g/mol. The Kier molecular flexibility index (Phi) is 4.78. The predicted molar refractivity (Wildman–Crippen MR) is 69.5 cm³/mol. The maximum absolute atomic E-state index is 13.6. The lowest BCUT2D eigenvalue weighted by atomic mass is 10.0. The lowest BCUT2D eigenvalue weighted by Crippen LogP contribution is -2.48. The highest BCUT2D eigenvalue weighted by Gasteiger charge is 2.27. The van der Waals surface area contributed by atoms with Gasteiger partial charge in [0.15, 0.2) is 0 Å². The first kappa shape index (κ1) is 16.0. The maximum atomic E-state index is 13.6. The van der Waals surface area contributed by atoms with E-state index in [1.165, 1.54) is 0 Å². The van der Waals surface area contributed by atoms with Gasteiger partial charge in [-0.15, -0.1) is 0 Å². The van der Waals surface area contributed by atoms with Crippen molar-refractivity contribution >= 4 is 17.6 Å². The molecule has 2 N–H and O–H groups in total. The van der Waals surface area contributed by atoms with Gasteiger partial charge in [-0.1, -0.05) is 0 Å². The fourth-order valence-electron chi connectivity index (χ4n) is 1.30. The SMILES string of the molecule is CNC(C)(C)C(=O)Nc1cc(C(=O)OC)c(F)cc1F. The van der Waals surface area contributed by atoms with Crippen molar-refractivity contribution in [2.45, 2.75) is 19.4 Å². The maximum Gasteiger partial charge on any atom is 0.340 e. The number of halogens is 2. The number of likely N-dealkylation sites (N-methyl/N-ethyl adjacent to an activating group) is 1. The second-order valence-electron chi connectivity index (χ2n) is 4.63. The molecule has 0 aromatic heterocycles. The van der Waals surface area contributed by atoms with E-state index in [0.29, 0.717) is 6.07 Å². The lowest BCUT2D eigenvalue weighted by molar-refractivity contribution is -0.121. The highest BCUT2D eigenvalue weighted by Crippen LogP contribution is 2.21. The van der Waals surface area contributed by atoms with Crippen molar-refractivity contribution in [3.63, 3.8) is 0 Å². The third-order valence-electron chi connectivity index (χ3n) is 2.90. The summed E-state index contributed by atoms with van der Waals surface area (Å²) in [6, 6.07) is 1.42. The molecule has 0 aliphatic carbocycles. The van der Waals surface area contributed by atoms with Crippen LogP contribution >= 0.6 is 0 Å². The van der Waals surface area contributed by atoms with Crippen LogP contribution in [0.2, 0.25) is 0 Å². The number of benzene rings is 1. The van der Waals surface area contributed by atoms with Crippen LogP contribution in [0.5, 0.6) is 0 Å². The summed E-state index contributed by atoms with van der Waals surface area (Å²) < 4.78 is 31.4.